The fourth-order valence-electron chi connectivity index (χ4n) is 4.37. The van der Waals surface area contributed by atoms with E-state index in [4.69, 9.17) is 4.74 Å². The molecule has 1 atom stereocenters. The molecule has 0 aromatic heterocycles. The number of carbonyl (C=O) groups excluding carboxylic acids is 1. The summed E-state index contributed by atoms with van der Waals surface area (Å²) < 4.78 is 18.7. The lowest BCUT2D eigenvalue weighted by Crippen LogP contribution is -2.63. The second kappa shape index (κ2) is 9.01. The second-order valence-electron chi connectivity index (χ2n) is 8.49. The molecule has 3 aromatic carbocycles. The van der Waals surface area contributed by atoms with Crippen molar-refractivity contribution in [3.05, 3.63) is 89.7 Å². The smallest absolute Gasteiger partial charge is 0.321 e. The van der Waals surface area contributed by atoms with Crippen molar-refractivity contribution >= 4 is 11.7 Å². The Morgan fingerprint density at radius 2 is 1.53 bits per heavy atom. The quantitative estimate of drug-likeness (QED) is 0.599. The number of anilines is 1. The average molecular weight is 432 g/mol. The number of amides is 2. The topological polar surface area (TPSA) is 53.6 Å². The number of nitrogens with zero attached hydrogens (tertiary/aromatic N) is 1. The highest BCUT2D eigenvalue weighted by atomic mass is 19.1. The van der Waals surface area contributed by atoms with Crippen molar-refractivity contribution in [1.29, 1.82) is 0 Å². The number of halogens is 1. The Bertz CT molecular complexity index is 1080. The normalized spacial score (nSPS) is 17.9. The molecule has 5 nitrogen and oxygen atoms in total. The molecule has 5 rings (SSSR count). The molecule has 164 valence electrons. The number of benzene rings is 3. The first-order valence-corrected chi connectivity index (χ1v) is 11.0. The van der Waals surface area contributed by atoms with E-state index < -0.39 is 0 Å². The molecule has 1 aliphatic carbocycles. The van der Waals surface area contributed by atoms with Crippen LogP contribution in [0.3, 0.4) is 0 Å². The van der Waals surface area contributed by atoms with E-state index in [1.807, 2.05) is 4.90 Å². The van der Waals surface area contributed by atoms with E-state index in [2.05, 4.69) is 34.9 Å². The van der Waals surface area contributed by atoms with Gasteiger partial charge in [0.05, 0.1) is 0 Å². The first-order chi connectivity index (χ1) is 15.6. The van der Waals surface area contributed by atoms with Crippen LogP contribution in [0, 0.1) is 5.82 Å². The van der Waals surface area contributed by atoms with Crippen LogP contribution in [0.1, 0.15) is 17.5 Å². The number of urea groups is 1. The molecule has 0 radical (unpaired) electrons. The number of likely N-dealkylation sites (tertiary alicyclic amines) is 1. The zero-order chi connectivity index (χ0) is 21.9. The monoisotopic (exact) mass is 431 g/mol. The molecule has 1 saturated heterocycles. The maximum atomic E-state index is 13.0. The van der Waals surface area contributed by atoms with Gasteiger partial charge in [-0.3, -0.25) is 0 Å². The minimum atomic E-state index is -0.303. The van der Waals surface area contributed by atoms with Gasteiger partial charge in [0.25, 0.3) is 0 Å². The van der Waals surface area contributed by atoms with Gasteiger partial charge < -0.3 is 20.3 Å². The number of aryl methyl sites for hydroxylation is 1. The largest absolute Gasteiger partial charge is 0.457 e. The summed E-state index contributed by atoms with van der Waals surface area (Å²) in [5.41, 5.74) is 3.62. The molecule has 1 heterocycles. The predicted molar refractivity (Wildman–Crippen MR) is 123 cm³/mol. The minimum Gasteiger partial charge on any atom is -0.457 e. The SMILES string of the molecule is O=C(Nc1ccc(Oc2ccc(F)cc2)cc1)N1CC(NC2CCc3ccccc3C2)C1. The fourth-order valence-corrected chi connectivity index (χ4v) is 4.37. The van der Waals surface area contributed by atoms with Crippen molar-refractivity contribution in [2.75, 3.05) is 18.4 Å². The predicted octanol–water partition coefficient (Wildman–Crippen LogP) is 4.98. The van der Waals surface area contributed by atoms with E-state index in [1.54, 1.807) is 36.4 Å². The van der Waals surface area contributed by atoms with Gasteiger partial charge >= 0.3 is 6.03 Å². The highest BCUT2D eigenvalue weighted by Crippen LogP contribution is 2.25. The number of fused-ring (bicyclic) bond motifs is 1. The summed E-state index contributed by atoms with van der Waals surface area (Å²) in [6.45, 7) is 1.44. The lowest BCUT2D eigenvalue weighted by atomic mass is 9.87. The molecule has 1 aliphatic heterocycles. The van der Waals surface area contributed by atoms with Crippen LogP contribution in [0.25, 0.3) is 0 Å². The molecular formula is C26H26FN3O2. The summed E-state index contributed by atoms with van der Waals surface area (Å²) in [7, 11) is 0. The van der Waals surface area contributed by atoms with Gasteiger partial charge in [0, 0.05) is 30.9 Å². The van der Waals surface area contributed by atoms with Gasteiger partial charge in [-0.15, -0.1) is 0 Å². The zero-order valence-electron chi connectivity index (χ0n) is 17.8. The third-order valence-electron chi connectivity index (χ3n) is 6.14. The highest BCUT2D eigenvalue weighted by molar-refractivity contribution is 5.90. The number of hydrogen-bond acceptors (Lipinski definition) is 3. The molecule has 0 spiro atoms. The Kier molecular flexibility index (Phi) is 5.77. The summed E-state index contributed by atoms with van der Waals surface area (Å²) in [6, 6.07) is 22.4. The molecule has 6 heteroatoms. The summed E-state index contributed by atoms with van der Waals surface area (Å²) in [5, 5.41) is 6.65. The van der Waals surface area contributed by atoms with Gasteiger partial charge in [-0.2, -0.15) is 0 Å². The van der Waals surface area contributed by atoms with E-state index >= 15 is 0 Å². The maximum Gasteiger partial charge on any atom is 0.321 e. The van der Waals surface area contributed by atoms with Crippen LogP contribution in [-0.2, 0) is 12.8 Å². The van der Waals surface area contributed by atoms with Crippen molar-refractivity contribution in [3.63, 3.8) is 0 Å². The van der Waals surface area contributed by atoms with Gasteiger partial charge in [-0.1, -0.05) is 24.3 Å². The van der Waals surface area contributed by atoms with Crippen molar-refractivity contribution in [2.45, 2.75) is 31.3 Å². The third-order valence-corrected chi connectivity index (χ3v) is 6.14. The molecule has 32 heavy (non-hydrogen) atoms. The minimum absolute atomic E-state index is 0.0933. The third kappa shape index (κ3) is 4.75. The summed E-state index contributed by atoms with van der Waals surface area (Å²) in [5.74, 6) is 0.878. The standard InChI is InChI=1S/C26H26FN3O2/c27-20-6-11-24(12-7-20)32-25-13-9-21(10-14-25)29-26(31)30-16-23(17-30)28-22-8-5-18-3-1-2-4-19(18)15-22/h1-4,6-7,9-14,22-23,28H,5,8,15-17H2,(H,29,31). The molecule has 1 unspecified atom stereocenters. The second-order valence-corrected chi connectivity index (χ2v) is 8.49. The Morgan fingerprint density at radius 3 is 2.25 bits per heavy atom. The Balaban J connectivity index is 1.07. The molecule has 1 fully saturated rings. The van der Waals surface area contributed by atoms with Gasteiger partial charge in [0.2, 0.25) is 0 Å². The Morgan fingerprint density at radius 1 is 0.875 bits per heavy atom. The van der Waals surface area contributed by atoms with Crippen molar-refractivity contribution in [3.8, 4) is 11.5 Å². The van der Waals surface area contributed by atoms with E-state index in [0.717, 1.165) is 32.4 Å². The van der Waals surface area contributed by atoms with Gasteiger partial charge in [0.15, 0.2) is 0 Å². The first kappa shape index (κ1) is 20.5. The fraction of sp³-hybridized carbons (Fsp3) is 0.269. The van der Waals surface area contributed by atoms with E-state index in [0.29, 0.717) is 29.3 Å². The molecule has 3 aromatic rings. The van der Waals surface area contributed by atoms with E-state index in [1.165, 1.54) is 23.3 Å². The molecular weight excluding hydrogens is 405 g/mol. The van der Waals surface area contributed by atoms with E-state index in [-0.39, 0.29) is 11.8 Å². The van der Waals surface area contributed by atoms with Crippen LogP contribution in [0.2, 0.25) is 0 Å². The average Bonchev–Trinajstić information content (AvgIpc) is 2.78. The Hall–Kier alpha value is -3.38. The van der Waals surface area contributed by atoms with Crippen LogP contribution in [0.5, 0.6) is 11.5 Å². The van der Waals surface area contributed by atoms with Gasteiger partial charge in [-0.25, -0.2) is 9.18 Å². The highest BCUT2D eigenvalue weighted by Gasteiger charge is 2.32. The van der Waals surface area contributed by atoms with Crippen LogP contribution in [0.15, 0.2) is 72.8 Å². The first-order valence-electron chi connectivity index (χ1n) is 11.0. The number of hydrogen-bond donors (Lipinski definition) is 2. The summed E-state index contributed by atoms with van der Waals surface area (Å²) in [6.07, 6.45) is 3.32. The lowest BCUT2D eigenvalue weighted by Gasteiger charge is -2.42. The summed E-state index contributed by atoms with van der Waals surface area (Å²) >= 11 is 0. The molecule has 2 N–H and O–H groups in total. The number of carbonyl (C=O) groups is 1. The van der Waals surface area contributed by atoms with Crippen LogP contribution >= 0.6 is 0 Å². The molecule has 0 saturated carbocycles. The molecule has 0 bridgehead atoms. The Labute approximate surface area is 187 Å². The van der Waals surface area contributed by atoms with Crippen molar-refractivity contribution in [1.82, 2.24) is 10.2 Å². The van der Waals surface area contributed by atoms with E-state index in [9.17, 15) is 9.18 Å². The maximum absolute atomic E-state index is 13.0. The van der Waals surface area contributed by atoms with Crippen molar-refractivity contribution < 1.29 is 13.9 Å². The lowest BCUT2D eigenvalue weighted by molar-refractivity contribution is 0.140. The van der Waals surface area contributed by atoms with Crippen molar-refractivity contribution in [2.24, 2.45) is 0 Å². The van der Waals surface area contributed by atoms with Gasteiger partial charge in [-0.05, 0) is 78.9 Å². The number of rotatable bonds is 5. The number of ether oxygens (including phenoxy) is 1. The van der Waals surface area contributed by atoms with Crippen LogP contribution < -0.4 is 15.4 Å². The zero-order valence-corrected chi connectivity index (χ0v) is 17.8. The molecule has 2 aliphatic rings. The summed E-state index contributed by atoms with van der Waals surface area (Å²) in [4.78, 5) is 14.3. The number of nitrogens with one attached hydrogen (secondary N) is 2. The van der Waals surface area contributed by atoms with Crippen LogP contribution in [-0.4, -0.2) is 36.1 Å². The van der Waals surface area contributed by atoms with Crippen LogP contribution in [0.4, 0.5) is 14.9 Å². The van der Waals surface area contributed by atoms with Gasteiger partial charge in [0.1, 0.15) is 17.3 Å². The molecule has 2 amide bonds.